The Morgan fingerprint density at radius 1 is 1.13 bits per heavy atom. The van der Waals surface area contributed by atoms with Crippen molar-refractivity contribution in [3.8, 4) is 0 Å². The Kier molecular flexibility index (Phi) is 6.27. The number of rotatable bonds is 6. The first-order valence-electron chi connectivity index (χ1n) is 9.26. The van der Waals surface area contributed by atoms with Gasteiger partial charge in [-0.3, -0.25) is 4.79 Å². The van der Waals surface area contributed by atoms with Crippen LogP contribution in [-0.2, 0) is 24.4 Å². The minimum Gasteiger partial charge on any atom is -0.462 e. The minimum atomic E-state index is -3.90. The van der Waals surface area contributed by atoms with Crippen LogP contribution in [-0.4, -0.2) is 52.1 Å². The van der Waals surface area contributed by atoms with E-state index in [1.54, 1.807) is 19.1 Å². The predicted octanol–water partition coefficient (Wildman–Crippen LogP) is 2.08. The lowest BCUT2D eigenvalue weighted by molar-refractivity contribution is 0.0527. The second kappa shape index (κ2) is 8.57. The van der Waals surface area contributed by atoms with E-state index in [-0.39, 0.29) is 40.5 Å². The third kappa shape index (κ3) is 4.71. The van der Waals surface area contributed by atoms with Crippen LogP contribution in [0, 0.1) is 0 Å². The van der Waals surface area contributed by atoms with E-state index in [4.69, 9.17) is 4.74 Å². The van der Waals surface area contributed by atoms with E-state index in [0.29, 0.717) is 0 Å². The van der Waals surface area contributed by atoms with Crippen LogP contribution in [0.2, 0.25) is 0 Å². The molecule has 1 aliphatic rings. The molecule has 0 aromatic heterocycles. The van der Waals surface area contributed by atoms with E-state index in [1.807, 2.05) is 0 Å². The second-order valence-corrected chi connectivity index (χ2v) is 11.3. The van der Waals surface area contributed by atoms with Crippen LogP contribution in [0.3, 0.4) is 0 Å². The lowest BCUT2D eigenvalue weighted by Gasteiger charge is -2.13. The fourth-order valence-electron chi connectivity index (χ4n) is 3.19. The molecular formula is C20H21NO7S2. The maximum absolute atomic E-state index is 12.8. The summed E-state index contributed by atoms with van der Waals surface area (Å²) in [6.07, 6.45) is 0.0357. The van der Waals surface area contributed by atoms with Crippen LogP contribution in [0.15, 0.2) is 53.4 Å². The highest BCUT2D eigenvalue weighted by molar-refractivity contribution is 7.96. The number of esters is 1. The van der Waals surface area contributed by atoms with Gasteiger partial charge in [-0.05, 0) is 43.7 Å². The number of nitrogens with one attached hydrogen (secondary N) is 1. The largest absolute Gasteiger partial charge is 0.462 e. The van der Waals surface area contributed by atoms with E-state index >= 15 is 0 Å². The van der Waals surface area contributed by atoms with Gasteiger partial charge in [-0.25, -0.2) is 21.6 Å². The second-order valence-electron chi connectivity index (χ2n) is 6.82. The number of carbonyl (C=O) groups excluding carboxylic acids is 2. The van der Waals surface area contributed by atoms with Crippen molar-refractivity contribution in [3.63, 3.8) is 0 Å². The maximum atomic E-state index is 12.8. The summed E-state index contributed by atoms with van der Waals surface area (Å²) in [4.78, 5) is 24.6. The van der Waals surface area contributed by atoms with Gasteiger partial charge in [-0.2, -0.15) is 0 Å². The molecule has 1 atom stereocenters. The summed E-state index contributed by atoms with van der Waals surface area (Å²) in [6.45, 7) is 1.85. The van der Waals surface area contributed by atoms with Crippen molar-refractivity contribution in [2.45, 2.75) is 23.5 Å². The molecule has 2 aromatic rings. The zero-order chi connectivity index (χ0) is 21.9. The average Bonchev–Trinajstić information content (AvgIpc) is 3.09. The molecular weight excluding hydrogens is 430 g/mol. The molecule has 160 valence electrons. The first kappa shape index (κ1) is 22.0. The summed E-state index contributed by atoms with van der Waals surface area (Å²) < 4.78 is 53.9. The van der Waals surface area contributed by atoms with E-state index in [2.05, 4.69) is 5.32 Å². The molecule has 0 saturated carbocycles. The standard InChI is InChI=1S/C20H21NO7S2/c1-2-28-20(23)17-8-3-4-9-18(17)21-19(22)14-6-5-7-15(12-14)30(26,27)16-10-11-29(24,25)13-16/h3-9,12,16H,2,10-11,13H2,1H3,(H,21,22). The van der Waals surface area contributed by atoms with E-state index < -0.39 is 42.6 Å². The molecule has 1 fully saturated rings. The van der Waals surface area contributed by atoms with Crippen LogP contribution >= 0.6 is 0 Å². The molecule has 0 bridgehead atoms. The van der Waals surface area contributed by atoms with Gasteiger partial charge in [0.05, 0.1) is 39.5 Å². The maximum Gasteiger partial charge on any atom is 0.340 e. The predicted molar refractivity (Wildman–Crippen MR) is 111 cm³/mol. The highest BCUT2D eigenvalue weighted by Crippen LogP contribution is 2.26. The minimum absolute atomic E-state index is 0.0357. The van der Waals surface area contributed by atoms with Crippen molar-refractivity contribution >= 4 is 37.2 Å². The summed E-state index contributed by atoms with van der Waals surface area (Å²) >= 11 is 0. The molecule has 0 spiro atoms. The number of amides is 1. The molecule has 1 N–H and O–H groups in total. The van der Waals surface area contributed by atoms with E-state index in [0.717, 1.165) is 0 Å². The Morgan fingerprint density at radius 3 is 2.53 bits per heavy atom. The first-order chi connectivity index (χ1) is 14.1. The highest BCUT2D eigenvalue weighted by Gasteiger charge is 2.38. The average molecular weight is 452 g/mol. The van der Waals surface area contributed by atoms with Gasteiger partial charge in [0, 0.05) is 5.56 Å². The summed E-state index contributed by atoms with van der Waals surface area (Å²) in [5.41, 5.74) is 0.472. The third-order valence-corrected chi connectivity index (χ3v) is 8.89. The molecule has 10 heteroatoms. The number of benzene rings is 2. The number of carbonyl (C=O) groups is 2. The van der Waals surface area contributed by atoms with Gasteiger partial charge in [0.25, 0.3) is 5.91 Å². The molecule has 2 aromatic carbocycles. The normalized spacial score (nSPS) is 18.0. The first-order valence-corrected chi connectivity index (χ1v) is 12.6. The number of hydrogen-bond acceptors (Lipinski definition) is 7. The van der Waals surface area contributed by atoms with Crippen LogP contribution in [0.1, 0.15) is 34.1 Å². The zero-order valence-corrected chi connectivity index (χ0v) is 17.8. The Balaban J connectivity index is 1.85. The molecule has 1 unspecified atom stereocenters. The molecule has 1 saturated heterocycles. The van der Waals surface area contributed by atoms with Gasteiger partial charge < -0.3 is 10.1 Å². The van der Waals surface area contributed by atoms with Gasteiger partial charge in [0.2, 0.25) is 0 Å². The Hall–Kier alpha value is -2.72. The summed E-state index contributed by atoms with van der Waals surface area (Å²) in [5, 5.41) is 1.57. The Labute approximate surface area is 175 Å². The van der Waals surface area contributed by atoms with Crippen molar-refractivity contribution in [1.29, 1.82) is 0 Å². The van der Waals surface area contributed by atoms with Crippen molar-refractivity contribution in [3.05, 3.63) is 59.7 Å². The Bertz CT molecular complexity index is 1190. The third-order valence-electron chi connectivity index (χ3n) is 4.72. The monoisotopic (exact) mass is 451 g/mol. The number of para-hydroxylation sites is 1. The molecule has 0 aliphatic carbocycles. The molecule has 30 heavy (non-hydrogen) atoms. The van der Waals surface area contributed by atoms with E-state index in [9.17, 15) is 26.4 Å². The van der Waals surface area contributed by atoms with Gasteiger partial charge in [-0.1, -0.05) is 18.2 Å². The summed E-state index contributed by atoms with van der Waals surface area (Å²) in [7, 11) is -7.27. The smallest absolute Gasteiger partial charge is 0.340 e. The van der Waals surface area contributed by atoms with Crippen molar-refractivity contribution in [1.82, 2.24) is 0 Å². The SMILES string of the molecule is CCOC(=O)c1ccccc1NC(=O)c1cccc(S(=O)(=O)C2CCS(=O)(=O)C2)c1. The molecule has 3 rings (SSSR count). The molecule has 8 nitrogen and oxygen atoms in total. The number of sulfone groups is 2. The van der Waals surface area contributed by atoms with E-state index in [1.165, 1.54) is 36.4 Å². The van der Waals surface area contributed by atoms with Crippen molar-refractivity contribution in [2.24, 2.45) is 0 Å². The fourth-order valence-corrected chi connectivity index (χ4v) is 7.59. The lowest BCUT2D eigenvalue weighted by atomic mass is 10.1. The molecule has 1 aliphatic heterocycles. The topological polar surface area (TPSA) is 124 Å². The highest BCUT2D eigenvalue weighted by atomic mass is 32.2. The van der Waals surface area contributed by atoms with Gasteiger partial charge >= 0.3 is 5.97 Å². The fraction of sp³-hybridized carbons (Fsp3) is 0.300. The Morgan fingerprint density at radius 2 is 1.87 bits per heavy atom. The number of hydrogen-bond donors (Lipinski definition) is 1. The van der Waals surface area contributed by atoms with Crippen LogP contribution in [0.5, 0.6) is 0 Å². The summed E-state index contributed by atoms with van der Waals surface area (Å²) in [6, 6.07) is 11.7. The quantitative estimate of drug-likeness (QED) is 0.667. The van der Waals surface area contributed by atoms with Crippen LogP contribution in [0.4, 0.5) is 5.69 Å². The van der Waals surface area contributed by atoms with Crippen molar-refractivity contribution < 1.29 is 31.2 Å². The van der Waals surface area contributed by atoms with Gasteiger partial charge in [0.1, 0.15) is 0 Å². The van der Waals surface area contributed by atoms with Gasteiger partial charge in [-0.15, -0.1) is 0 Å². The molecule has 1 amide bonds. The molecule has 0 radical (unpaired) electrons. The van der Waals surface area contributed by atoms with Crippen LogP contribution in [0.25, 0.3) is 0 Å². The number of ether oxygens (including phenoxy) is 1. The summed E-state index contributed by atoms with van der Waals surface area (Å²) in [5.74, 6) is -1.78. The number of anilines is 1. The van der Waals surface area contributed by atoms with Crippen molar-refractivity contribution in [2.75, 3.05) is 23.4 Å². The zero-order valence-electron chi connectivity index (χ0n) is 16.2. The molecule has 1 heterocycles. The lowest BCUT2D eigenvalue weighted by Crippen LogP contribution is -2.23. The van der Waals surface area contributed by atoms with Crippen LogP contribution < -0.4 is 5.32 Å². The van der Waals surface area contributed by atoms with Gasteiger partial charge in [0.15, 0.2) is 19.7 Å².